The van der Waals surface area contributed by atoms with Gasteiger partial charge in [0.1, 0.15) is 17.5 Å². The van der Waals surface area contributed by atoms with E-state index in [1.54, 1.807) is 6.20 Å². The van der Waals surface area contributed by atoms with E-state index >= 15 is 0 Å². The molecule has 3 heterocycles. The fraction of sp³-hybridized carbons (Fsp3) is 0.0500. The van der Waals surface area contributed by atoms with Gasteiger partial charge in [0.15, 0.2) is 5.03 Å². The first-order valence-electron chi connectivity index (χ1n) is 8.91. The van der Waals surface area contributed by atoms with Crippen LogP contribution in [0, 0.1) is 5.82 Å². The topological polar surface area (TPSA) is 118 Å². The molecule has 0 spiro atoms. The van der Waals surface area contributed by atoms with Crippen molar-refractivity contribution in [2.75, 3.05) is 16.8 Å². The van der Waals surface area contributed by atoms with Gasteiger partial charge < -0.3 is 10.2 Å². The number of sulfonamides is 1. The maximum Gasteiger partial charge on any atom is 0.259 e. The number of nitrogens with one attached hydrogen (secondary N) is 1. The van der Waals surface area contributed by atoms with E-state index in [1.165, 1.54) is 53.6 Å². The molecule has 4 rings (SSSR count). The quantitative estimate of drug-likeness (QED) is 0.640. The minimum absolute atomic E-state index is 0.0337. The van der Waals surface area contributed by atoms with Crippen LogP contribution in [0.3, 0.4) is 0 Å². The number of rotatable bonds is 4. The van der Waals surface area contributed by atoms with Crippen molar-refractivity contribution in [2.45, 2.75) is 5.03 Å². The monoisotopic (exact) mass is 443 g/mol. The summed E-state index contributed by atoms with van der Waals surface area (Å²) >= 11 is 0. The number of anilines is 2. The number of hydrogen-bond donors (Lipinski definition) is 2. The Hall–Kier alpha value is -3.70. The Bertz CT molecular complexity index is 1370. The number of amides is 1. The van der Waals surface area contributed by atoms with Crippen LogP contribution in [0.15, 0.2) is 71.8 Å². The van der Waals surface area contributed by atoms with Gasteiger partial charge in [-0.15, -0.1) is 0 Å². The van der Waals surface area contributed by atoms with Crippen LogP contribution in [-0.2, 0) is 10.0 Å². The lowest BCUT2D eigenvalue weighted by atomic mass is 10.1. The van der Waals surface area contributed by atoms with E-state index in [0.29, 0.717) is 10.9 Å². The molecule has 0 aliphatic carbocycles. The molecule has 3 aromatic rings. The fourth-order valence-corrected chi connectivity index (χ4v) is 3.53. The van der Waals surface area contributed by atoms with Gasteiger partial charge in [-0.1, -0.05) is 0 Å². The Morgan fingerprint density at radius 2 is 1.97 bits per heavy atom. The third-order valence-electron chi connectivity index (χ3n) is 4.42. The summed E-state index contributed by atoms with van der Waals surface area (Å²) in [4.78, 5) is 22.6. The molecular formula is C20H15F2N5O3S. The summed E-state index contributed by atoms with van der Waals surface area (Å²) in [6, 6.07) is 7.82. The number of halogens is 2. The number of fused-ring (bicyclic) bond motifs is 1. The first-order chi connectivity index (χ1) is 14.7. The van der Waals surface area contributed by atoms with Crippen molar-refractivity contribution in [3.05, 3.63) is 78.2 Å². The highest BCUT2D eigenvalue weighted by atomic mass is 32.2. The second kappa shape index (κ2) is 7.85. The lowest BCUT2D eigenvalue weighted by molar-refractivity contribution is 0.102. The number of carbonyl (C=O) groups is 1. The van der Waals surface area contributed by atoms with Crippen LogP contribution in [0.5, 0.6) is 0 Å². The van der Waals surface area contributed by atoms with Crippen LogP contribution in [0.2, 0.25) is 0 Å². The van der Waals surface area contributed by atoms with Crippen LogP contribution in [0.4, 0.5) is 20.3 Å². The summed E-state index contributed by atoms with van der Waals surface area (Å²) < 4.78 is 50.6. The average Bonchev–Trinajstić information content (AvgIpc) is 2.72. The van der Waals surface area contributed by atoms with E-state index in [-0.39, 0.29) is 23.6 Å². The summed E-state index contributed by atoms with van der Waals surface area (Å²) in [6.07, 6.45) is 5.50. The normalized spacial score (nSPS) is 13.9. The Kier molecular flexibility index (Phi) is 5.21. The number of aromatic nitrogens is 2. The third kappa shape index (κ3) is 4.42. The van der Waals surface area contributed by atoms with Crippen molar-refractivity contribution >= 4 is 38.3 Å². The van der Waals surface area contributed by atoms with E-state index in [0.717, 1.165) is 6.07 Å². The van der Waals surface area contributed by atoms with Gasteiger partial charge in [-0.25, -0.2) is 32.3 Å². The zero-order chi connectivity index (χ0) is 22.2. The largest absolute Gasteiger partial charge is 0.326 e. The molecule has 0 saturated heterocycles. The second-order valence-corrected chi connectivity index (χ2v) is 8.17. The van der Waals surface area contributed by atoms with Crippen molar-refractivity contribution in [1.82, 2.24) is 9.97 Å². The number of hydrogen-bond acceptors (Lipinski definition) is 6. The molecule has 2 aromatic heterocycles. The molecule has 158 valence electrons. The van der Waals surface area contributed by atoms with E-state index < -0.39 is 32.6 Å². The van der Waals surface area contributed by atoms with Crippen LogP contribution < -0.4 is 15.4 Å². The molecule has 0 fully saturated rings. The maximum absolute atomic E-state index is 13.8. The lowest BCUT2D eigenvalue weighted by Gasteiger charge is -2.23. The van der Waals surface area contributed by atoms with Crippen LogP contribution in [0.25, 0.3) is 10.9 Å². The summed E-state index contributed by atoms with van der Waals surface area (Å²) in [5.74, 6) is -1.45. The number of allylic oxidation sites excluding steroid dienone is 2. The van der Waals surface area contributed by atoms with Crippen molar-refractivity contribution in [3.63, 3.8) is 0 Å². The van der Waals surface area contributed by atoms with E-state index in [9.17, 15) is 22.0 Å². The minimum atomic E-state index is -4.07. The Balaban J connectivity index is 1.77. The molecule has 0 saturated carbocycles. The molecule has 1 aliphatic heterocycles. The summed E-state index contributed by atoms with van der Waals surface area (Å²) in [5, 5.41) is 7.57. The van der Waals surface area contributed by atoms with Gasteiger partial charge in [0.25, 0.3) is 15.9 Å². The number of nitrogens with zero attached hydrogens (tertiary/aromatic N) is 3. The van der Waals surface area contributed by atoms with Crippen molar-refractivity contribution in [3.8, 4) is 0 Å². The van der Waals surface area contributed by atoms with Gasteiger partial charge in [0.2, 0.25) is 0 Å². The Morgan fingerprint density at radius 1 is 1.16 bits per heavy atom. The lowest BCUT2D eigenvalue weighted by Crippen LogP contribution is -2.25. The molecule has 0 unspecified atom stereocenters. The van der Waals surface area contributed by atoms with Crippen molar-refractivity contribution in [1.29, 1.82) is 0 Å². The number of benzene rings is 1. The Labute approximate surface area is 175 Å². The SMILES string of the molecule is NS(=O)(=O)c1cc(NC(=O)c2cc3cc(F)ccc3nc2N2C=CC=C(F)C2)ccn1. The summed E-state index contributed by atoms with van der Waals surface area (Å²) in [6.45, 7) is -0.138. The zero-order valence-electron chi connectivity index (χ0n) is 15.8. The van der Waals surface area contributed by atoms with E-state index in [2.05, 4.69) is 15.3 Å². The summed E-state index contributed by atoms with van der Waals surface area (Å²) in [7, 11) is -4.07. The maximum atomic E-state index is 13.8. The number of primary sulfonamides is 1. The molecule has 3 N–H and O–H groups in total. The van der Waals surface area contributed by atoms with Crippen LogP contribution in [-0.4, -0.2) is 30.8 Å². The molecule has 8 nitrogen and oxygen atoms in total. The van der Waals surface area contributed by atoms with Crippen LogP contribution >= 0.6 is 0 Å². The molecule has 1 aromatic carbocycles. The molecule has 0 radical (unpaired) electrons. The van der Waals surface area contributed by atoms with Gasteiger partial charge >= 0.3 is 0 Å². The predicted molar refractivity (Wildman–Crippen MR) is 111 cm³/mol. The van der Waals surface area contributed by atoms with Gasteiger partial charge in [-0.05, 0) is 42.5 Å². The fourth-order valence-electron chi connectivity index (χ4n) is 3.03. The average molecular weight is 443 g/mol. The number of carbonyl (C=O) groups excluding carboxylic acids is 1. The third-order valence-corrected chi connectivity index (χ3v) is 5.23. The van der Waals surface area contributed by atoms with Crippen molar-refractivity contribution in [2.24, 2.45) is 5.14 Å². The van der Waals surface area contributed by atoms with Gasteiger partial charge in [0.05, 0.1) is 17.6 Å². The molecule has 11 heteroatoms. The smallest absolute Gasteiger partial charge is 0.259 e. The molecule has 1 aliphatic rings. The first-order valence-corrected chi connectivity index (χ1v) is 10.5. The first kappa shape index (κ1) is 20.6. The molecular weight excluding hydrogens is 428 g/mol. The van der Waals surface area contributed by atoms with Gasteiger partial charge in [0, 0.05) is 29.5 Å². The zero-order valence-corrected chi connectivity index (χ0v) is 16.6. The highest BCUT2D eigenvalue weighted by Crippen LogP contribution is 2.28. The van der Waals surface area contributed by atoms with E-state index in [4.69, 9.17) is 5.14 Å². The molecule has 0 bridgehead atoms. The Morgan fingerprint density at radius 3 is 2.71 bits per heavy atom. The minimum Gasteiger partial charge on any atom is -0.326 e. The van der Waals surface area contributed by atoms with E-state index in [1.807, 2.05) is 0 Å². The highest BCUT2D eigenvalue weighted by molar-refractivity contribution is 7.89. The van der Waals surface area contributed by atoms with Gasteiger partial charge in [-0.2, -0.15) is 0 Å². The highest BCUT2D eigenvalue weighted by Gasteiger charge is 2.21. The van der Waals surface area contributed by atoms with Crippen LogP contribution in [0.1, 0.15) is 10.4 Å². The van der Waals surface area contributed by atoms with Crippen molar-refractivity contribution < 1.29 is 22.0 Å². The number of pyridine rings is 2. The predicted octanol–water partition coefficient (Wildman–Crippen LogP) is 2.86. The standard InChI is InChI=1S/C20H15F2N5O3S/c21-13-3-4-17-12(8-13)9-16(19(26-17)27-7-1-2-14(22)11-27)20(28)25-15-5-6-24-18(10-15)31(23,29)30/h1-10H,11H2,(H2,23,29,30)(H,24,25,28). The molecule has 0 atom stereocenters. The summed E-state index contributed by atoms with van der Waals surface area (Å²) in [5.41, 5.74) is 0.567. The number of nitrogens with two attached hydrogens (primary N) is 1. The molecule has 1 amide bonds. The molecule has 31 heavy (non-hydrogen) atoms. The second-order valence-electron chi connectivity index (χ2n) is 6.66. The van der Waals surface area contributed by atoms with Gasteiger partial charge in [-0.3, -0.25) is 4.79 Å².